The number of rotatable bonds is 3. The molecule has 6 aromatic rings. The summed E-state index contributed by atoms with van der Waals surface area (Å²) in [6.07, 6.45) is 5.50. The summed E-state index contributed by atoms with van der Waals surface area (Å²) in [7, 11) is 1.89. The average Bonchev–Trinajstić information content (AvgIpc) is 3.52. The van der Waals surface area contributed by atoms with Crippen LogP contribution in [0, 0.1) is 5.13 Å². The van der Waals surface area contributed by atoms with Gasteiger partial charge in [0.25, 0.3) is 0 Å². The Morgan fingerprint density at radius 2 is 1.97 bits per heavy atom. The third-order valence-electron chi connectivity index (χ3n) is 5.03. The summed E-state index contributed by atoms with van der Waals surface area (Å²) >= 11 is 1.05. The van der Waals surface area contributed by atoms with E-state index in [4.69, 9.17) is 4.98 Å². The minimum Gasteiger partial charge on any atom is -0.336 e. The number of imidazole rings is 1. The number of nitrogens with zero attached hydrogens (tertiary/aromatic N) is 5. The van der Waals surface area contributed by atoms with Crippen molar-refractivity contribution in [2.45, 2.75) is 0 Å². The molecule has 5 heterocycles. The Hall–Kier alpha value is -3.85. The lowest BCUT2D eigenvalue weighted by atomic mass is 10.1. The van der Waals surface area contributed by atoms with Gasteiger partial charge in [0.2, 0.25) is 0 Å². The van der Waals surface area contributed by atoms with Gasteiger partial charge in [-0.2, -0.15) is 14.6 Å². The van der Waals surface area contributed by atoms with Crippen LogP contribution in [-0.4, -0.2) is 34.9 Å². The first-order valence-corrected chi connectivity index (χ1v) is 10.1. The predicted molar refractivity (Wildman–Crippen MR) is 114 cm³/mol. The molecule has 30 heavy (non-hydrogen) atoms. The van der Waals surface area contributed by atoms with Gasteiger partial charge in [0.05, 0.1) is 22.1 Å². The average molecular weight is 415 g/mol. The van der Waals surface area contributed by atoms with Gasteiger partial charge in [0, 0.05) is 30.4 Å². The molecule has 0 saturated carbocycles. The zero-order chi connectivity index (χ0) is 20.2. The molecule has 1 aromatic carbocycles. The molecule has 0 fully saturated rings. The van der Waals surface area contributed by atoms with Gasteiger partial charge in [0.15, 0.2) is 11.0 Å². The molecule has 6 rings (SSSR count). The minimum absolute atomic E-state index is 0.249. The van der Waals surface area contributed by atoms with Crippen LogP contribution in [0.2, 0.25) is 0 Å². The number of hydrogen-bond acceptors (Lipinski definition) is 5. The number of aromatic nitrogens is 7. The Balaban J connectivity index is 1.52. The van der Waals surface area contributed by atoms with Gasteiger partial charge in [-0.25, -0.2) is 4.98 Å². The fourth-order valence-corrected chi connectivity index (χ4v) is 4.34. The molecule has 0 saturated heterocycles. The number of halogens is 1. The van der Waals surface area contributed by atoms with Crippen molar-refractivity contribution in [2.75, 3.05) is 0 Å². The van der Waals surface area contributed by atoms with E-state index in [-0.39, 0.29) is 5.13 Å². The zero-order valence-electron chi connectivity index (χ0n) is 15.7. The van der Waals surface area contributed by atoms with Crippen LogP contribution in [0.15, 0.2) is 55.0 Å². The van der Waals surface area contributed by atoms with Crippen LogP contribution in [0.25, 0.3) is 55.2 Å². The first-order chi connectivity index (χ1) is 14.7. The Bertz CT molecular complexity index is 1540. The molecule has 0 amide bonds. The van der Waals surface area contributed by atoms with Crippen molar-refractivity contribution in [3.05, 3.63) is 60.1 Å². The van der Waals surface area contributed by atoms with Crippen LogP contribution in [-0.2, 0) is 7.05 Å². The van der Waals surface area contributed by atoms with Crippen molar-refractivity contribution in [3.63, 3.8) is 0 Å². The number of fused-ring (bicyclic) bond motifs is 2. The van der Waals surface area contributed by atoms with Gasteiger partial charge in [-0.1, -0.05) is 6.07 Å². The molecule has 9 heteroatoms. The molecule has 0 radical (unpaired) electrons. The van der Waals surface area contributed by atoms with Crippen molar-refractivity contribution in [1.29, 1.82) is 0 Å². The molecule has 2 N–H and O–H groups in total. The predicted octanol–water partition coefficient (Wildman–Crippen LogP) is 4.77. The first kappa shape index (κ1) is 17.0. The fourth-order valence-electron chi connectivity index (χ4n) is 3.61. The highest BCUT2D eigenvalue weighted by Crippen LogP contribution is 2.34. The van der Waals surface area contributed by atoms with Crippen molar-refractivity contribution in [1.82, 2.24) is 34.9 Å². The van der Waals surface area contributed by atoms with Crippen LogP contribution < -0.4 is 0 Å². The summed E-state index contributed by atoms with van der Waals surface area (Å²) in [5.41, 5.74) is 5.87. The summed E-state index contributed by atoms with van der Waals surface area (Å²) in [6, 6.07) is 11.1. The molecule has 5 aromatic heterocycles. The maximum Gasteiger partial charge on any atom is 0.177 e. The smallest absolute Gasteiger partial charge is 0.177 e. The van der Waals surface area contributed by atoms with E-state index in [9.17, 15) is 4.39 Å². The highest BCUT2D eigenvalue weighted by atomic mass is 32.1. The second-order valence-electron chi connectivity index (χ2n) is 6.98. The second kappa shape index (κ2) is 6.33. The number of H-pyrrole nitrogens is 2. The van der Waals surface area contributed by atoms with Crippen molar-refractivity contribution in [3.8, 4) is 33.2 Å². The highest BCUT2D eigenvalue weighted by Gasteiger charge is 2.17. The lowest BCUT2D eigenvalue weighted by Crippen LogP contribution is -1.84. The third kappa shape index (κ3) is 2.63. The second-order valence-corrected chi connectivity index (χ2v) is 8.01. The molecule has 0 atom stereocenters. The lowest BCUT2D eigenvalue weighted by Gasteiger charge is -1.98. The molecule has 0 unspecified atom stereocenters. The maximum absolute atomic E-state index is 13.5. The standard InChI is InChI=1S/C21H14FN7S/c1-29-10-12(9-24-29)11-2-3-14-13(8-11)18(28-27-14)21-25-15-6-7-23-20(19(15)26-21)16-4-5-17(22)30-16/h2-10H,1H3,(H,25,26)(H,27,28). The van der Waals surface area contributed by atoms with Gasteiger partial charge in [-0.05, 0) is 35.9 Å². The quantitative estimate of drug-likeness (QED) is 0.436. The van der Waals surface area contributed by atoms with E-state index in [1.54, 1.807) is 16.9 Å². The first-order valence-electron chi connectivity index (χ1n) is 9.24. The topological polar surface area (TPSA) is 88.1 Å². The molecule has 0 spiro atoms. The van der Waals surface area contributed by atoms with E-state index in [0.717, 1.165) is 49.5 Å². The summed E-state index contributed by atoms with van der Waals surface area (Å²) in [5, 5.41) is 12.5. The number of hydrogen-bond donors (Lipinski definition) is 2. The van der Waals surface area contributed by atoms with Gasteiger partial charge in [0.1, 0.15) is 16.9 Å². The Morgan fingerprint density at radius 1 is 1.03 bits per heavy atom. The van der Waals surface area contributed by atoms with Crippen molar-refractivity contribution in [2.24, 2.45) is 7.05 Å². The number of pyridine rings is 1. The summed E-state index contributed by atoms with van der Waals surface area (Å²) < 4.78 is 15.3. The van der Waals surface area contributed by atoms with Crippen LogP contribution >= 0.6 is 11.3 Å². The summed E-state index contributed by atoms with van der Waals surface area (Å²) in [5.74, 6) is 0.630. The maximum atomic E-state index is 13.5. The highest BCUT2D eigenvalue weighted by molar-refractivity contribution is 7.13. The van der Waals surface area contributed by atoms with E-state index in [1.165, 1.54) is 6.07 Å². The van der Waals surface area contributed by atoms with E-state index in [2.05, 4.69) is 31.3 Å². The Kier molecular flexibility index (Phi) is 3.59. The van der Waals surface area contributed by atoms with Gasteiger partial charge in [-0.15, -0.1) is 11.3 Å². The molecule has 0 bridgehead atoms. The van der Waals surface area contributed by atoms with Crippen LogP contribution in [0.1, 0.15) is 0 Å². The van der Waals surface area contributed by atoms with Gasteiger partial charge >= 0.3 is 0 Å². The van der Waals surface area contributed by atoms with E-state index < -0.39 is 0 Å². The molecule has 0 aliphatic rings. The third-order valence-corrected chi connectivity index (χ3v) is 5.91. The number of benzene rings is 1. The van der Waals surface area contributed by atoms with Crippen LogP contribution in [0.3, 0.4) is 0 Å². The number of thiophene rings is 1. The molecular formula is C21H14FN7S. The SMILES string of the molecule is Cn1cc(-c2ccc3[nH]nc(-c4nc5c(-c6ccc(F)s6)nccc5[nH]4)c3c2)cn1. The minimum atomic E-state index is -0.249. The number of aryl methyl sites for hydroxylation is 1. The molecule has 0 aliphatic carbocycles. The molecule has 7 nitrogen and oxygen atoms in total. The lowest BCUT2D eigenvalue weighted by molar-refractivity contribution is 0.657. The Morgan fingerprint density at radius 3 is 2.77 bits per heavy atom. The zero-order valence-corrected chi connectivity index (χ0v) is 16.5. The van der Waals surface area contributed by atoms with Gasteiger partial charge in [-0.3, -0.25) is 14.8 Å². The Labute approximate surface area is 173 Å². The van der Waals surface area contributed by atoms with E-state index in [0.29, 0.717) is 17.0 Å². The summed E-state index contributed by atoms with van der Waals surface area (Å²) in [4.78, 5) is 13.3. The molecule has 146 valence electrons. The van der Waals surface area contributed by atoms with Crippen LogP contribution in [0.5, 0.6) is 0 Å². The number of nitrogens with one attached hydrogen (secondary N) is 2. The van der Waals surface area contributed by atoms with E-state index in [1.807, 2.05) is 37.6 Å². The molecule has 0 aliphatic heterocycles. The van der Waals surface area contributed by atoms with Crippen molar-refractivity contribution < 1.29 is 4.39 Å². The van der Waals surface area contributed by atoms with Crippen molar-refractivity contribution >= 4 is 33.3 Å². The van der Waals surface area contributed by atoms with Gasteiger partial charge < -0.3 is 4.98 Å². The van der Waals surface area contributed by atoms with E-state index >= 15 is 0 Å². The number of aromatic amines is 2. The summed E-state index contributed by atoms with van der Waals surface area (Å²) in [6.45, 7) is 0. The largest absolute Gasteiger partial charge is 0.336 e. The van der Waals surface area contributed by atoms with Crippen LogP contribution in [0.4, 0.5) is 4.39 Å². The monoisotopic (exact) mass is 415 g/mol. The normalized spacial score (nSPS) is 11.7. The molecular weight excluding hydrogens is 401 g/mol. The fraction of sp³-hybridized carbons (Fsp3) is 0.0476.